The summed E-state index contributed by atoms with van der Waals surface area (Å²) in [4.78, 5) is 12.3. The van der Waals surface area contributed by atoms with E-state index in [2.05, 4.69) is 12.2 Å². The molecule has 0 spiro atoms. The second-order valence-electron chi connectivity index (χ2n) is 7.54. The Morgan fingerprint density at radius 3 is 2.14 bits per heavy atom. The van der Waals surface area contributed by atoms with Crippen LogP contribution in [0.2, 0.25) is 0 Å². The summed E-state index contributed by atoms with van der Waals surface area (Å²) >= 11 is 0. The molecule has 0 heterocycles. The Hall–Kier alpha value is -2.49. The van der Waals surface area contributed by atoms with Gasteiger partial charge in [-0.3, -0.25) is 0 Å². The highest BCUT2D eigenvalue weighted by molar-refractivity contribution is 5.91. The second-order valence-corrected chi connectivity index (χ2v) is 7.54. The van der Waals surface area contributed by atoms with E-state index >= 15 is 0 Å². The first-order valence-electron chi connectivity index (χ1n) is 11.0. The van der Waals surface area contributed by atoms with Gasteiger partial charge in [0.25, 0.3) is 0 Å². The highest BCUT2D eigenvalue weighted by atomic mass is 16.5. The quantitative estimate of drug-likeness (QED) is 0.206. The fourth-order valence-electron chi connectivity index (χ4n) is 3.31. The van der Waals surface area contributed by atoms with E-state index in [1.165, 1.54) is 63.9 Å². The number of hydrogen-bond acceptors (Lipinski definition) is 4. The lowest BCUT2D eigenvalue weighted by Gasteiger charge is -2.13. The van der Waals surface area contributed by atoms with Crippen LogP contribution < -0.4 is 10.1 Å². The molecule has 2 N–H and O–H groups in total. The molecule has 0 fully saturated rings. The van der Waals surface area contributed by atoms with E-state index in [9.17, 15) is 9.90 Å². The van der Waals surface area contributed by atoms with Crippen LogP contribution in [0.15, 0.2) is 48.5 Å². The molecule has 0 aromatic heterocycles. The number of carbonyl (C=O) groups is 1. The molecule has 0 atom stereocenters. The van der Waals surface area contributed by atoms with E-state index in [4.69, 9.17) is 4.74 Å². The van der Waals surface area contributed by atoms with Crippen molar-refractivity contribution in [2.45, 2.75) is 71.1 Å². The van der Waals surface area contributed by atoms with Crippen molar-refractivity contribution in [3.8, 4) is 11.5 Å². The summed E-state index contributed by atoms with van der Waals surface area (Å²) in [6, 6.07) is 13.7. The van der Waals surface area contributed by atoms with Crippen LogP contribution in [-0.4, -0.2) is 17.6 Å². The number of phenolic OH excluding ortho intramolecular Hbond substituents is 1. The van der Waals surface area contributed by atoms with Crippen molar-refractivity contribution in [2.24, 2.45) is 0 Å². The molecule has 0 amide bonds. The van der Waals surface area contributed by atoms with E-state index in [1.807, 2.05) is 6.07 Å². The number of hydrogen-bond donors (Lipinski definition) is 2. The number of unbranched alkanes of at least 4 members (excludes halogenated alkanes) is 9. The SMILES string of the molecule is CCCCCCCCCCCCNc1cc(O)ccc1OC(=O)c1ccccc1. The number of rotatable bonds is 14. The highest BCUT2D eigenvalue weighted by Crippen LogP contribution is 2.29. The maximum atomic E-state index is 12.3. The fourth-order valence-corrected chi connectivity index (χ4v) is 3.31. The fraction of sp³-hybridized carbons (Fsp3) is 0.480. The smallest absolute Gasteiger partial charge is 0.343 e. The van der Waals surface area contributed by atoms with Crippen molar-refractivity contribution >= 4 is 11.7 Å². The Morgan fingerprint density at radius 1 is 0.862 bits per heavy atom. The zero-order valence-electron chi connectivity index (χ0n) is 17.7. The van der Waals surface area contributed by atoms with Crippen LogP contribution >= 0.6 is 0 Å². The number of nitrogens with one attached hydrogen (secondary N) is 1. The zero-order chi connectivity index (χ0) is 20.7. The molecule has 4 nitrogen and oxygen atoms in total. The van der Waals surface area contributed by atoms with Crippen LogP contribution in [0.25, 0.3) is 0 Å². The minimum absolute atomic E-state index is 0.148. The average Bonchev–Trinajstić information content (AvgIpc) is 2.74. The average molecular weight is 398 g/mol. The lowest BCUT2D eigenvalue weighted by molar-refractivity contribution is 0.0735. The van der Waals surface area contributed by atoms with E-state index in [1.54, 1.807) is 36.4 Å². The Balaban J connectivity index is 1.69. The van der Waals surface area contributed by atoms with E-state index in [0.29, 0.717) is 17.0 Å². The van der Waals surface area contributed by atoms with Gasteiger partial charge >= 0.3 is 5.97 Å². The van der Waals surface area contributed by atoms with Gasteiger partial charge in [-0.15, -0.1) is 0 Å². The minimum Gasteiger partial charge on any atom is -0.508 e. The summed E-state index contributed by atoms with van der Waals surface area (Å²) < 4.78 is 5.52. The van der Waals surface area contributed by atoms with Gasteiger partial charge in [0.05, 0.1) is 11.3 Å². The van der Waals surface area contributed by atoms with Crippen LogP contribution in [0.4, 0.5) is 5.69 Å². The molecule has 4 heteroatoms. The van der Waals surface area contributed by atoms with Gasteiger partial charge in [0.1, 0.15) is 5.75 Å². The molecule has 2 rings (SSSR count). The minimum atomic E-state index is -0.404. The summed E-state index contributed by atoms with van der Waals surface area (Å²) in [7, 11) is 0. The van der Waals surface area contributed by atoms with Gasteiger partial charge in [-0.05, 0) is 30.7 Å². The molecule has 0 bridgehead atoms. The van der Waals surface area contributed by atoms with E-state index < -0.39 is 5.97 Å². The normalized spacial score (nSPS) is 10.7. The summed E-state index contributed by atoms with van der Waals surface area (Å²) in [6.45, 7) is 3.04. The van der Waals surface area contributed by atoms with Crippen LogP contribution in [0.5, 0.6) is 11.5 Å². The first-order valence-corrected chi connectivity index (χ1v) is 11.0. The molecular formula is C25H35NO3. The van der Waals surface area contributed by atoms with Gasteiger partial charge < -0.3 is 15.2 Å². The molecule has 0 aliphatic carbocycles. The third-order valence-electron chi connectivity index (χ3n) is 5.02. The lowest BCUT2D eigenvalue weighted by atomic mass is 10.1. The van der Waals surface area contributed by atoms with E-state index in [0.717, 1.165) is 13.0 Å². The van der Waals surface area contributed by atoms with Crippen molar-refractivity contribution in [3.63, 3.8) is 0 Å². The molecule has 0 saturated heterocycles. The summed E-state index contributed by atoms with van der Waals surface area (Å²) in [5, 5.41) is 13.1. The van der Waals surface area contributed by atoms with Gasteiger partial charge in [-0.2, -0.15) is 0 Å². The number of esters is 1. The van der Waals surface area contributed by atoms with Crippen molar-refractivity contribution in [2.75, 3.05) is 11.9 Å². The number of ether oxygens (including phenoxy) is 1. The topological polar surface area (TPSA) is 58.6 Å². The molecular weight excluding hydrogens is 362 g/mol. The lowest BCUT2D eigenvalue weighted by Crippen LogP contribution is -2.10. The van der Waals surface area contributed by atoms with Crippen molar-refractivity contribution in [3.05, 3.63) is 54.1 Å². The second kappa shape index (κ2) is 13.6. The van der Waals surface area contributed by atoms with Crippen molar-refractivity contribution < 1.29 is 14.6 Å². The monoisotopic (exact) mass is 397 g/mol. The Morgan fingerprint density at radius 2 is 1.48 bits per heavy atom. The highest BCUT2D eigenvalue weighted by Gasteiger charge is 2.12. The van der Waals surface area contributed by atoms with E-state index in [-0.39, 0.29) is 5.75 Å². The third kappa shape index (κ3) is 9.03. The predicted molar refractivity (Wildman–Crippen MR) is 120 cm³/mol. The van der Waals surface area contributed by atoms with Gasteiger partial charge in [0.15, 0.2) is 5.75 Å². The van der Waals surface area contributed by atoms with Crippen molar-refractivity contribution in [1.29, 1.82) is 0 Å². The third-order valence-corrected chi connectivity index (χ3v) is 5.02. The van der Waals surface area contributed by atoms with Crippen molar-refractivity contribution in [1.82, 2.24) is 0 Å². The van der Waals surface area contributed by atoms with Gasteiger partial charge in [-0.1, -0.05) is 82.9 Å². The number of carbonyl (C=O) groups excluding carboxylic acids is 1. The number of anilines is 1. The standard InChI is InChI=1S/C25H35NO3/c1-2-3-4-5-6-7-8-9-10-14-19-26-23-20-22(27)17-18-24(23)29-25(28)21-15-12-11-13-16-21/h11-13,15-18,20,26-27H,2-10,14,19H2,1H3. The predicted octanol–water partition coefficient (Wildman–Crippen LogP) is 6.94. The van der Waals surface area contributed by atoms with Crippen LogP contribution in [0, 0.1) is 0 Å². The molecule has 0 saturated carbocycles. The molecule has 2 aromatic carbocycles. The summed E-state index contributed by atoms with van der Waals surface area (Å²) in [5.41, 5.74) is 1.14. The molecule has 0 aliphatic rings. The molecule has 29 heavy (non-hydrogen) atoms. The molecule has 158 valence electrons. The summed E-state index contributed by atoms with van der Waals surface area (Å²) in [6.07, 6.45) is 12.9. The Labute approximate surface area is 175 Å². The van der Waals surface area contributed by atoms with Crippen LogP contribution in [0.3, 0.4) is 0 Å². The first kappa shape index (κ1) is 22.8. The number of benzene rings is 2. The first-order chi connectivity index (χ1) is 14.2. The zero-order valence-corrected chi connectivity index (χ0v) is 17.7. The van der Waals surface area contributed by atoms with Crippen LogP contribution in [-0.2, 0) is 0 Å². The summed E-state index contributed by atoms with van der Waals surface area (Å²) in [5.74, 6) is 0.178. The molecule has 0 unspecified atom stereocenters. The van der Waals surface area contributed by atoms with Crippen LogP contribution in [0.1, 0.15) is 81.5 Å². The van der Waals surface area contributed by atoms with Gasteiger partial charge in [0.2, 0.25) is 0 Å². The number of aromatic hydroxyl groups is 1. The largest absolute Gasteiger partial charge is 0.508 e. The molecule has 0 aliphatic heterocycles. The number of phenols is 1. The maximum Gasteiger partial charge on any atom is 0.343 e. The van der Waals surface area contributed by atoms with Gasteiger partial charge in [-0.25, -0.2) is 4.79 Å². The molecule has 0 radical (unpaired) electrons. The Kier molecular flexibility index (Phi) is 10.7. The molecule has 2 aromatic rings. The van der Waals surface area contributed by atoms with Gasteiger partial charge in [0, 0.05) is 12.6 Å². The maximum absolute atomic E-state index is 12.3. The Bertz CT molecular complexity index is 715.